The molecular formula is C15H25N3O3. The molecule has 0 aromatic carbocycles. The van der Waals surface area contributed by atoms with Crippen LogP contribution < -0.4 is 11.3 Å². The Morgan fingerprint density at radius 3 is 2.71 bits per heavy atom. The van der Waals surface area contributed by atoms with Crippen molar-refractivity contribution in [2.24, 2.45) is 0 Å². The Morgan fingerprint density at radius 2 is 2.05 bits per heavy atom. The summed E-state index contributed by atoms with van der Waals surface area (Å²) in [5.41, 5.74) is 5.81. The Bertz CT molecular complexity index is 499. The fourth-order valence-electron chi connectivity index (χ4n) is 2.13. The fraction of sp³-hybridized carbons (Fsp3) is 0.600. The van der Waals surface area contributed by atoms with Crippen LogP contribution >= 0.6 is 0 Å². The van der Waals surface area contributed by atoms with Gasteiger partial charge < -0.3 is 20.3 Å². The molecule has 0 aliphatic carbocycles. The Balaban J connectivity index is 2.63. The summed E-state index contributed by atoms with van der Waals surface area (Å²) >= 11 is 0. The molecular weight excluding hydrogens is 270 g/mol. The zero-order valence-corrected chi connectivity index (χ0v) is 12.6. The third-order valence-corrected chi connectivity index (χ3v) is 3.32. The number of carbonyl (C=O) groups excluding carboxylic acids is 1. The molecule has 1 heterocycles. The van der Waals surface area contributed by atoms with Gasteiger partial charge in [-0.15, -0.1) is 0 Å². The van der Waals surface area contributed by atoms with Crippen LogP contribution in [0.2, 0.25) is 0 Å². The minimum absolute atomic E-state index is 0.0440. The van der Waals surface area contributed by atoms with Crippen molar-refractivity contribution in [3.8, 4) is 0 Å². The van der Waals surface area contributed by atoms with Crippen molar-refractivity contribution in [2.75, 3.05) is 25.4 Å². The van der Waals surface area contributed by atoms with Crippen LogP contribution in [-0.2, 0) is 11.3 Å². The normalized spacial score (nSPS) is 10.6. The molecule has 1 aromatic heterocycles. The second-order valence-electron chi connectivity index (χ2n) is 5.09. The number of hydrogen-bond donors (Lipinski definition) is 2. The predicted molar refractivity (Wildman–Crippen MR) is 82.9 cm³/mol. The smallest absolute Gasteiger partial charge is 0.251 e. The number of nitrogens with zero attached hydrogens (tertiary/aromatic N) is 2. The average molecular weight is 295 g/mol. The summed E-state index contributed by atoms with van der Waals surface area (Å²) < 4.78 is 1.30. The lowest BCUT2D eigenvalue weighted by Crippen LogP contribution is -2.38. The predicted octanol–water partition coefficient (Wildman–Crippen LogP) is 0.832. The molecule has 0 bridgehead atoms. The summed E-state index contributed by atoms with van der Waals surface area (Å²) in [6.45, 7) is 2.91. The third kappa shape index (κ3) is 5.99. The van der Waals surface area contributed by atoms with Crippen molar-refractivity contribution < 1.29 is 9.90 Å². The van der Waals surface area contributed by atoms with E-state index in [0.717, 1.165) is 25.7 Å². The molecule has 1 aromatic rings. The monoisotopic (exact) mass is 295 g/mol. The van der Waals surface area contributed by atoms with Crippen LogP contribution in [0.15, 0.2) is 23.1 Å². The van der Waals surface area contributed by atoms with E-state index in [1.807, 2.05) is 0 Å². The fourth-order valence-corrected chi connectivity index (χ4v) is 2.13. The molecule has 0 saturated heterocycles. The van der Waals surface area contributed by atoms with Gasteiger partial charge in [0.1, 0.15) is 6.54 Å². The highest BCUT2D eigenvalue weighted by Crippen LogP contribution is 2.03. The number of hydrogen-bond acceptors (Lipinski definition) is 4. The second kappa shape index (κ2) is 9.18. The van der Waals surface area contributed by atoms with E-state index in [-0.39, 0.29) is 24.6 Å². The molecule has 6 heteroatoms. The highest BCUT2D eigenvalue weighted by molar-refractivity contribution is 5.76. The first-order valence-corrected chi connectivity index (χ1v) is 7.43. The van der Waals surface area contributed by atoms with E-state index in [1.54, 1.807) is 4.90 Å². The Morgan fingerprint density at radius 1 is 1.29 bits per heavy atom. The molecule has 0 unspecified atom stereocenters. The number of aromatic nitrogens is 1. The van der Waals surface area contributed by atoms with Gasteiger partial charge in [-0.2, -0.15) is 0 Å². The number of amides is 1. The molecule has 1 rings (SSSR count). The summed E-state index contributed by atoms with van der Waals surface area (Å²) in [4.78, 5) is 25.5. The molecule has 0 saturated carbocycles. The van der Waals surface area contributed by atoms with Gasteiger partial charge in [-0.3, -0.25) is 9.59 Å². The van der Waals surface area contributed by atoms with E-state index in [9.17, 15) is 9.59 Å². The number of pyridine rings is 1. The minimum atomic E-state index is -0.257. The third-order valence-electron chi connectivity index (χ3n) is 3.32. The van der Waals surface area contributed by atoms with E-state index in [4.69, 9.17) is 10.8 Å². The number of aliphatic hydroxyl groups excluding tert-OH is 1. The first-order valence-electron chi connectivity index (χ1n) is 7.43. The van der Waals surface area contributed by atoms with Crippen LogP contribution in [0.5, 0.6) is 0 Å². The van der Waals surface area contributed by atoms with Crippen molar-refractivity contribution in [1.29, 1.82) is 0 Å². The zero-order valence-electron chi connectivity index (χ0n) is 12.6. The van der Waals surface area contributed by atoms with Gasteiger partial charge in [0.25, 0.3) is 5.56 Å². The van der Waals surface area contributed by atoms with Crippen LogP contribution in [0.4, 0.5) is 5.69 Å². The largest absolute Gasteiger partial charge is 0.398 e. The molecule has 21 heavy (non-hydrogen) atoms. The summed E-state index contributed by atoms with van der Waals surface area (Å²) in [5, 5.41) is 9.07. The maximum atomic E-state index is 12.2. The van der Waals surface area contributed by atoms with Gasteiger partial charge in [-0.25, -0.2) is 0 Å². The average Bonchev–Trinajstić information content (AvgIpc) is 2.46. The van der Waals surface area contributed by atoms with Gasteiger partial charge in [0.05, 0.1) is 6.61 Å². The molecule has 0 atom stereocenters. The van der Waals surface area contributed by atoms with Gasteiger partial charge in [-0.05, 0) is 12.5 Å². The standard InChI is InChI=1S/C15H25N3O3/c1-2-3-4-5-8-17(9-10-19)15(21)12-18-11-13(16)6-7-14(18)20/h6-7,11,19H,2-5,8-10,12,16H2,1H3. The number of rotatable bonds is 9. The molecule has 0 aliphatic heterocycles. The first-order chi connectivity index (χ1) is 10.1. The molecule has 118 valence electrons. The lowest BCUT2D eigenvalue weighted by Gasteiger charge is -2.22. The SMILES string of the molecule is CCCCCCN(CCO)C(=O)Cn1cc(N)ccc1=O. The number of nitrogens with two attached hydrogens (primary N) is 1. The van der Waals surface area contributed by atoms with Gasteiger partial charge in [0, 0.05) is 31.0 Å². The first kappa shape index (κ1) is 17.2. The van der Waals surface area contributed by atoms with E-state index < -0.39 is 0 Å². The van der Waals surface area contributed by atoms with Gasteiger partial charge in [0.2, 0.25) is 5.91 Å². The quantitative estimate of drug-likeness (QED) is 0.661. The topological polar surface area (TPSA) is 88.6 Å². The molecule has 6 nitrogen and oxygen atoms in total. The summed E-state index contributed by atoms with van der Waals surface area (Å²) in [7, 11) is 0. The maximum Gasteiger partial charge on any atom is 0.251 e. The van der Waals surface area contributed by atoms with Gasteiger partial charge in [-0.1, -0.05) is 26.2 Å². The summed E-state index contributed by atoms with van der Waals surface area (Å²) in [5.74, 6) is -0.173. The van der Waals surface area contributed by atoms with Crippen LogP contribution in [0.1, 0.15) is 32.6 Å². The van der Waals surface area contributed by atoms with Crippen molar-refractivity contribution in [2.45, 2.75) is 39.2 Å². The summed E-state index contributed by atoms with van der Waals surface area (Å²) in [6, 6.07) is 2.86. The van der Waals surface area contributed by atoms with Crippen molar-refractivity contribution in [3.63, 3.8) is 0 Å². The number of carbonyl (C=O) groups is 1. The number of nitrogen functional groups attached to an aromatic ring is 1. The summed E-state index contributed by atoms with van der Waals surface area (Å²) in [6.07, 6.45) is 5.70. The maximum absolute atomic E-state index is 12.2. The highest BCUT2D eigenvalue weighted by Gasteiger charge is 2.13. The lowest BCUT2D eigenvalue weighted by molar-refractivity contribution is -0.132. The molecule has 0 fully saturated rings. The number of anilines is 1. The van der Waals surface area contributed by atoms with Crippen molar-refractivity contribution >= 4 is 11.6 Å². The number of aliphatic hydroxyl groups is 1. The Kier molecular flexibility index (Phi) is 7.53. The van der Waals surface area contributed by atoms with E-state index in [2.05, 4.69) is 6.92 Å². The van der Waals surface area contributed by atoms with Crippen LogP contribution in [-0.4, -0.2) is 40.2 Å². The Hall–Kier alpha value is -1.82. The number of unbranched alkanes of at least 4 members (excludes halogenated alkanes) is 3. The van der Waals surface area contributed by atoms with Crippen molar-refractivity contribution in [3.05, 3.63) is 28.7 Å². The molecule has 0 aliphatic rings. The van der Waals surface area contributed by atoms with E-state index in [1.165, 1.54) is 22.9 Å². The minimum Gasteiger partial charge on any atom is -0.398 e. The highest BCUT2D eigenvalue weighted by atomic mass is 16.3. The molecule has 3 N–H and O–H groups in total. The van der Waals surface area contributed by atoms with Gasteiger partial charge >= 0.3 is 0 Å². The van der Waals surface area contributed by atoms with Crippen molar-refractivity contribution in [1.82, 2.24) is 9.47 Å². The van der Waals surface area contributed by atoms with Crippen LogP contribution in [0, 0.1) is 0 Å². The molecule has 1 amide bonds. The second-order valence-corrected chi connectivity index (χ2v) is 5.09. The van der Waals surface area contributed by atoms with E-state index >= 15 is 0 Å². The lowest BCUT2D eigenvalue weighted by atomic mass is 10.2. The molecule has 0 spiro atoms. The Labute approximate surface area is 125 Å². The van der Waals surface area contributed by atoms with Crippen LogP contribution in [0.25, 0.3) is 0 Å². The van der Waals surface area contributed by atoms with E-state index in [0.29, 0.717) is 18.8 Å². The van der Waals surface area contributed by atoms with Crippen LogP contribution in [0.3, 0.4) is 0 Å². The zero-order chi connectivity index (χ0) is 15.7. The van der Waals surface area contributed by atoms with Gasteiger partial charge in [0.15, 0.2) is 0 Å². The molecule has 0 radical (unpaired) electrons.